The second-order valence-electron chi connectivity index (χ2n) is 4.51. The Morgan fingerprint density at radius 1 is 1.41 bits per heavy atom. The van der Waals surface area contributed by atoms with Gasteiger partial charge in [0.05, 0.1) is 11.6 Å². The van der Waals surface area contributed by atoms with Gasteiger partial charge in [-0.1, -0.05) is 12.1 Å². The minimum Gasteiger partial charge on any atom is -0.376 e. The van der Waals surface area contributed by atoms with Crippen molar-refractivity contribution in [2.45, 2.75) is 25.5 Å². The van der Waals surface area contributed by atoms with Crippen LogP contribution in [0, 0.1) is 0 Å². The van der Waals surface area contributed by atoms with E-state index < -0.39 is 0 Å². The molecule has 1 saturated heterocycles. The third kappa shape index (κ3) is 1.87. The van der Waals surface area contributed by atoms with Crippen LogP contribution in [0.4, 0.5) is 0 Å². The summed E-state index contributed by atoms with van der Waals surface area (Å²) in [6.07, 6.45) is 5.52. The van der Waals surface area contributed by atoms with Crippen LogP contribution < -0.4 is 0 Å². The molecule has 1 unspecified atom stereocenters. The van der Waals surface area contributed by atoms with E-state index in [1.165, 1.54) is 0 Å². The summed E-state index contributed by atoms with van der Waals surface area (Å²) in [5.41, 5.74) is 1.78. The average Bonchev–Trinajstić information content (AvgIpc) is 2.99. The van der Waals surface area contributed by atoms with Gasteiger partial charge in [0.25, 0.3) is 0 Å². The van der Waals surface area contributed by atoms with Gasteiger partial charge in [-0.05, 0) is 25.0 Å². The number of nitrogens with zero attached hydrogens (tertiary/aromatic N) is 1. The molecule has 0 spiro atoms. The van der Waals surface area contributed by atoms with Crippen LogP contribution in [0.3, 0.4) is 0 Å². The van der Waals surface area contributed by atoms with E-state index in [0.717, 1.165) is 48.7 Å². The molecule has 0 amide bonds. The number of aldehydes is 1. The van der Waals surface area contributed by atoms with Gasteiger partial charge in [0, 0.05) is 30.3 Å². The Kier molecular flexibility index (Phi) is 2.69. The van der Waals surface area contributed by atoms with Crippen molar-refractivity contribution in [3.63, 3.8) is 0 Å². The number of hydrogen-bond acceptors (Lipinski definition) is 2. The Morgan fingerprint density at radius 2 is 2.35 bits per heavy atom. The van der Waals surface area contributed by atoms with Gasteiger partial charge in [0.2, 0.25) is 0 Å². The molecule has 2 aromatic rings. The first-order valence-electron chi connectivity index (χ1n) is 6.03. The van der Waals surface area contributed by atoms with Gasteiger partial charge >= 0.3 is 0 Å². The number of carbonyl (C=O) groups excluding carboxylic acids is 1. The highest BCUT2D eigenvalue weighted by Gasteiger charge is 2.17. The fourth-order valence-corrected chi connectivity index (χ4v) is 2.55. The Bertz CT molecular complexity index is 538. The predicted octanol–water partition coefficient (Wildman–Crippen LogP) is 2.63. The van der Waals surface area contributed by atoms with E-state index in [2.05, 4.69) is 10.6 Å². The topological polar surface area (TPSA) is 31.2 Å². The first-order chi connectivity index (χ1) is 8.38. The zero-order valence-electron chi connectivity index (χ0n) is 9.63. The fraction of sp³-hybridized carbons (Fsp3) is 0.357. The van der Waals surface area contributed by atoms with E-state index in [1.807, 2.05) is 24.4 Å². The van der Waals surface area contributed by atoms with E-state index in [9.17, 15) is 4.79 Å². The lowest BCUT2D eigenvalue weighted by Crippen LogP contribution is -2.14. The van der Waals surface area contributed by atoms with E-state index in [4.69, 9.17) is 4.74 Å². The lowest BCUT2D eigenvalue weighted by atomic mass is 10.1. The molecule has 2 heterocycles. The third-order valence-electron chi connectivity index (χ3n) is 3.37. The molecular weight excluding hydrogens is 214 g/mol. The molecule has 3 heteroatoms. The molecule has 0 bridgehead atoms. The molecule has 0 radical (unpaired) electrons. The summed E-state index contributed by atoms with van der Waals surface area (Å²) < 4.78 is 7.77. The average molecular weight is 229 g/mol. The number of para-hydroxylation sites is 1. The Morgan fingerprint density at radius 3 is 3.12 bits per heavy atom. The van der Waals surface area contributed by atoms with Gasteiger partial charge in [0.15, 0.2) is 6.29 Å². The van der Waals surface area contributed by atoms with Crippen molar-refractivity contribution in [2.75, 3.05) is 6.61 Å². The normalized spacial score (nSPS) is 19.9. The van der Waals surface area contributed by atoms with Crippen molar-refractivity contribution in [3.8, 4) is 0 Å². The second-order valence-corrected chi connectivity index (χ2v) is 4.51. The largest absolute Gasteiger partial charge is 0.376 e. The Labute approximate surface area is 100.0 Å². The molecule has 1 aliphatic rings. The minimum atomic E-state index is 0.297. The molecule has 1 fully saturated rings. The lowest BCUT2D eigenvalue weighted by Gasteiger charge is -2.12. The number of carbonyl (C=O) groups is 1. The van der Waals surface area contributed by atoms with E-state index in [-0.39, 0.29) is 0 Å². The maximum atomic E-state index is 11.1. The summed E-state index contributed by atoms with van der Waals surface area (Å²) in [7, 11) is 0. The lowest BCUT2D eigenvalue weighted by molar-refractivity contribution is 0.0979. The van der Waals surface area contributed by atoms with E-state index in [0.29, 0.717) is 6.10 Å². The number of rotatable bonds is 3. The smallest absolute Gasteiger partial charge is 0.152 e. The highest BCUT2D eigenvalue weighted by Crippen LogP contribution is 2.22. The molecular formula is C14H15NO2. The standard InChI is InChI=1S/C14H15NO2/c16-10-12-4-1-3-11-6-7-15(14(11)12)9-13-5-2-8-17-13/h1,3-4,6-7,10,13H,2,5,8-9H2. The monoisotopic (exact) mass is 229 g/mol. The molecule has 17 heavy (non-hydrogen) atoms. The third-order valence-corrected chi connectivity index (χ3v) is 3.37. The highest BCUT2D eigenvalue weighted by molar-refractivity contribution is 5.96. The van der Waals surface area contributed by atoms with Gasteiger partial charge in [-0.25, -0.2) is 0 Å². The number of hydrogen-bond donors (Lipinski definition) is 0. The van der Waals surface area contributed by atoms with Crippen LogP contribution in [0.5, 0.6) is 0 Å². The minimum absolute atomic E-state index is 0.297. The Balaban J connectivity index is 2.00. The summed E-state index contributed by atoms with van der Waals surface area (Å²) in [4.78, 5) is 11.1. The summed E-state index contributed by atoms with van der Waals surface area (Å²) in [6, 6.07) is 7.87. The molecule has 0 aliphatic carbocycles. The SMILES string of the molecule is O=Cc1cccc2ccn(CC3CCCO3)c12. The maximum Gasteiger partial charge on any atom is 0.152 e. The summed E-state index contributed by atoms with van der Waals surface area (Å²) in [5, 5.41) is 1.12. The molecule has 0 N–H and O–H groups in total. The summed E-state index contributed by atoms with van der Waals surface area (Å²) in [6.45, 7) is 1.71. The van der Waals surface area contributed by atoms with Crippen LogP contribution in [0.2, 0.25) is 0 Å². The van der Waals surface area contributed by atoms with Gasteiger partial charge in [-0.3, -0.25) is 4.79 Å². The van der Waals surface area contributed by atoms with Crippen molar-refractivity contribution in [2.24, 2.45) is 0 Å². The molecule has 1 atom stereocenters. The predicted molar refractivity (Wildman–Crippen MR) is 66.3 cm³/mol. The fourth-order valence-electron chi connectivity index (χ4n) is 2.55. The number of ether oxygens (including phenoxy) is 1. The molecule has 1 aromatic carbocycles. The van der Waals surface area contributed by atoms with Crippen molar-refractivity contribution in [1.29, 1.82) is 0 Å². The van der Waals surface area contributed by atoms with Crippen molar-refractivity contribution in [3.05, 3.63) is 36.0 Å². The number of aromatic nitrogens is 1. The maximum absolute atomic E-state index is 11.1. The molecule has 3 rings (SSSR count). The van der Waals surface area contributed by atoms with Gasteiger partial charge < -0.3 is 9.30 Å². The highest BCUT2D eigenvalue weighted by atomic mass is 16.5. The van der Waals surface area contributed by atoms with Crippen LogP contribution in [-0.4, -0.2) is 23.6 Å². The first-order valence-corrected chi connectivity index (χ1v) is 6.03. The van der Waals surface area contributed by atoms with E-state index >= 15 is 0 Å². The van der Waals surface area contributed by atoms with E-state index in [1.54, 1.807) is 0 Å². The number of fused-ring (bicyclic) bond motifs is 1. The summed E-state index contributed by atoms with van der Waals surface area (Å²) in [5.74, 6) is 0. The van der Waals surface area contributed by atoms with Crippen LogP contribution in [0.1, 0.15) is 23.2 Å². The second kappa shape index (κ2) is 4.34. The van der Waals surface area contributed by atoms with Gasteiger partial charge in [-0.2, -0.15) is 0 Å². The molecule has 0 saturated carbocycles. The summed E-state index contributed by atoms with van der Waals surface area (Å²) >= 11 is 0. The van der Waals surface area contributed by atoms with Crippen molar-refractivity contribution in [1.82, 2.24) is 4.57 Å². The molecule has 88 valence electrons. The zero-order chi connectivity index (χ0) is 11.7. The molecule has 1 aliphatic heterocycles. The van der Waals surface area contributed by atoms with Crippen LogP contribution in [0.25, 0.3) is 10.9 Å². The van der Waals surface area contributed by atoms with Crippen molar-refractivity contribution < 1.29 is 9.53 Å². The van der Waals surface area contributed by atoms with Crippen LogP contribution in [-0.2, 0) is 11.3 Å². The van der Waals surface area contributed by atoms with Crippen LogP contribution in [0.15, 0.2) is 30.5 Å². The number of benzene rings is 1. The Hall–Kier alpha value is -1.61. The van der Waals surface area contributed by atoms with Crippen molar-refractivity contribution >= 4 is 17.2 Å². The van der Waals surface area contributed by atoms with Gasteiger partial charge in [0.1, 0.15) is 0 Å². The zero-order valence-corrected chi connectivity index (χ0v) is 9.63. The molecule has 1 aromatic heterocycles. The van der Waals surface area contributed by atoms with Gasteiger partial charge in [-0.15, -0.1) is 0 Å². The quantitative estimate of drug-likeness (QED) is 0.758. The first kappa shape index (κ1) is 10.5. The molecule has 3 nitrogen and oxygen atoms in total. The van der Waals surface area contributed by atoms with Crippen LogP contribution >= 0.6 is 0 Å².